The lowest BCUT2D eigenvalue weighted by Gasteiger charge is -2.17. The van der Waals surface area contributed by atoms with Crippen LogP contribution in [0.25, 0.3) is 33.1 Å². The second-order valence-electron chi connectivity index (χ2n) is 10.5. The van der Waals surface area contributed by atoms with E-state index < -0.39 is 0 Å². The molecule has 5 aromatic rings. The molecule has 3 aromatic heterocycles. The summed E-state index contributed by atoms with van der Waals surface area (Å²) >= 11 is 0. The molecule has 0 fully saturated rings. The molecule has 0 radical (unpaired) electrons. The lowest BCUT2D eigenvalue weighted by molar-refractivity contribution is -0.121. The lowest BCUT2D eigenvalue weighted by Crippen LogP contribution is -2.30. The number of Topliss-reactive ketones (excluding diaryl/α,β-unsaturated/α-hetero) is 1. The van der Waals surface area contributed by atoms with Gasteiger partial charge in [0.2, 0.25) is 5.91 Å². The molecule has 3 heterocycles. The maximum absolute atomic E-state index is 13.5. The molecule has 212 valence electrons. The third-order valence-corrected chi connectivity index (χ3v) is 7.70. The van der Waals surface area contributed by atoms with Gasteiger partial charge in [-0.05, 0) is 55.7 Å². The molecule has 3 N–H and O–H groups in total. The summed E-state index contributed by atoms with van der Waals surface area (Å²) in [5.41, 5.74) is 5.71. The molecule has 8 heteroatoms. The number of nitrogens with one attached hydrogen (secondary N) is 3. The minimum absolute atomic E-state index is 0.0738. The number of nitrogens with zero attached hydrogens (tertiary/aromatic N) is 2. The number of carbonyl (C=O) groups is 2. The molecule has 1 amide bonds. The Hall–Kier alpha value is -4.46. The number of unbranched alkanes of at least 4 members (excludes halogenated alkanes) is 2. The van der Waals surface area contributed by atoms with E-state index in [1.807, 2.05) is 68.6 Å². The molecule has 2 aromatic carbocycles. The third kappa shape index (κ3) is 6.48. The van der Waals surface area contributed by atoms with Crippen LogP contribution in [-0.4, -0.2) is 38.7 Å². The van der Waals surface area contributed by atoms with E-state index in [4.69, 9.17) is 9.72 Å². The molecule has 0 bridgehead atoms. The topological polar surface area (TPSA) is 113 Å². The fraction of sp³-hybridized carbons (Fsp3) is 0.333. The average Bonchev–Trinajstić information content (AvgIpc) is 3.60. The first-order valence-corrected chi connectivity index (χ1v) is 14.3. The molecule has 1 atom stereocenters. The summed E-state index contributed by atoms with van der Waals surface area (Å²) in [6.07, 6.45) is 8.41. The number of imidazole rings is 1. The first kappa shape index (κ1) is 28.1. The van der Waals surface area contributed by atoms with Crippen LogP contribution in [0.15, 0.2) is 60.9 Å². The second kappa shape index (κ2) is 12.8. The van der Waals surface area contributed by atoms with Crippen LogP contribution in [0.1, 0.15) is 68.6 Å². The number of ketones is 1. The SMILES string of the molecule is CCC(=O)CCCCCC(NC(=O)Cc1c(C)[nH]c2ccc(OC)cc12)c1ncc(-c2cccc3ncccc23)[nH]1. The maximum atomic E-state index is 13.5. The Bertz CT molecular complexity index is 1660. The van der Waals surface area contributed by atoms with Crippen molar-refractivity contribution in [3.8, 4) is 17.0 Å². The van der Waals surface area contributed by atoms with Crippen LogP contribution in [0.4, 0.5) is 0 Å². The van der Waals surface area contributed by atoms with Crippen LogP contribution in [0, 0.1) is 6.92 Å². The quantitative estimate of drug-likeness (QED) is 0.140. The van der Waals surface area contributed by atoms with Crippen LogP contribution in [-0.2, 0) is 16.0 Å². The minimum atomic E-state index is -0.286. The van der Waals surface area contributed by atoms with Crippen LogP contribution in [0.5, 0.6) is 5.75 Å². The fourth-order valence-electron chi connectivity index (χ4n) is 5.41. The van der Waals surface area contributed by atoms with Crippen molar-refractivity contribution in [3.05, 3.63) is 78.0 Å². The number of fused-ring (bicyclic) bond motifs is 2. The molecule has 1 unspecified atom stereocenters. The number of methoxy groups -OCH3 is 1. The highest BCUT2D eigenvalue weighted by Gasteiger charge is 2.21. The zero-order chi connectivity index (χ0) is 28.8. The van der Waals surface area contributed by atoms with Crippen molar-refractivity contribution < 1.29 is 14.3 Å². The minimum Gasteiger partial charge on any atom is -0.497 e. The Morgan fingerprint density at radius 1 is 1.00 bits per heavy atom. The maximum Gasteiger partial charge on any atom is 0.225 e. The number of aryl methyl sites for hydroxylation is 1. The Labute approximate surface area is 239 Å². The smallest absolute Gasteiger partial charge is 0.225 e. The zero-order valence-corrected chi connectivity index (χ0v) is 23.9. The number of ether oxygens (including phenoxy) is 1. The summed E-state index contributed by atoms with van der Waals surface area (Å²) < 4.78 is 5.41. The predicted molar refractivity (Wildman–Crippen MR) is 162 cm³/mol. The van der Waals surface area contributed by atoms with Crippen molar-refractivity contribution in [1.82, 2.24) is 25.3 Å². The van der Waals surface area contributed by atoms with Gasteiger partial charge < -0.3 is 20.0 Å². The van der Waals surface area contributed by atoms with E-state index in [-0.39, 0.29) is 18.4 Å². The normalized spacial score (nSPS) is 12.1. The molecule has 5 rings (SSSR count). The van der Waals surface area contributed by atoms with Gasteiger partial charge in [-0.25, -0.2) is 4.98 Å². The summed E-state index contributed by atoms with van der Waals surface area (Å²) in [6.45, 7) is 3.89. The molecule has 0 aliphatic heterocycles. The van der Waals surface area contributed by atoms with Gasteiger partial charge >= 0.3 is 0 Å². The van der Waals surface area contributed by atoms with Gasteiger partial charge in [0.1, 0.15) is 17.4 Å². The molecular formula is C33H37N5O3. The summed E-state index contributed by atoms with van der Waals surface area (Å²) in [5.74, 6) is 1.69. The van der Waals surface area contributed by atoms with Crippen LogP contribution in [0.2, 0.25) is 0 Å². The Kier molecular flexibility index (Phi) is 8.77. The monoisotopic (exact) mass is 551 g/mol. The van der Waals surface area contributed by atoms with Gasteiger partial charge in [0, 0.05) is 46.6 Å². The van der Waals surface area contributed by atoms with Crippen molar-refractivity contribution in [2.75, 3.05) is 7.11 Å². The largest absolute Gasteiger partial charge is 0.497 e. The number of amides is 1. The van der Waals surface area contributed by atoms with E-state index in [1.165, 1.54) is 0 Å². The molecule has 0 aliphatic rings. The van der Waals surface area contributed by atoms with Gasteiger partial charge in [0.05, 0.1) is 37.0 Å². The number of hydrogen-bond acceptors (Lipinski definition) is 5. The van der Waals surface area contributed by atoms with Gasteiger partial charge in [-0.3, -0.25) is 14.6 Å². The highest BCUT2D eigenvalue weighted by molar-refractivity contribution is 5.93. The molecule has 41 heavy (non-hydrogen) atoms. The van der Waals surface area contributed by atoms with Gasteiger partial charge in [0.15, 0.2) is 0 Å². The second-order valence-corrected chi connectivity index (χ2v) is 10.5. The number of aromatic nitrogens is 4. The van der Waals surface area contributed by atoms with Crippen LogP contribution in [0.3, 0.4) is 0 Å². The molecule has 0 saturated carbocycles. The predicted octanol–water partition coefficient (Wildman–Crippen LogP) is 6.75. The number of rotatable bonds is 13. The first-order valence-electron chi connectivity index (χ1n) is 14.3. The Morgan fingerprint density at radius 2 is 1.88 bits per heavy atom. The Balaban J connectivity index is 1.36. The van der Waals surface area contributed by atoms with Crippen LogP contribution < -0.4 is 10.1 Å². The van der Waals surface area contributed by atoms with Crippen molar-refractivity contribution in [2.45, 2.75) is 64.8 Å². The number of aromatic amines is 2. The van der Waals surface area contributed by atoms with Gasteiger partial charge in [0.25, 0.3) is 0 Å². The molecule has 0 spiro atoms. The van der Waals surface area contributed by atoms with E-state index in [0.717, 1.165) is 81.6 Å². The van der Waals surface area contributed by atoms with Gasteiger partial charge in [-0.1, -0.05) is 38.0 Å². The molecule has 8 nitrogen and oxygen atoms in total. The highest BCUT2D eigenvalue weighted by atomic mass is 16.5. The van der Waals surface area contributed by atoms with Gasteiger partial charge in [-0.2, -0.15) is 0 Å². The summed E-state index contributed by atoms with van der Waals surface area (Å²) in [6, 6.07) is 15.6. The van der Waals surface area contributed by atoms with Gasteiger partial charge in [-0.15, -0.1) is 0 Å². The summed E-state index contributed by atoms with van der Waals surface area (Å²) in [4.78, 5) is 41.2. The zero-order valence-electron chi connectivity index (χ0n) is 23.9. The van der Waals surface area contributed by atoms with Crippen molar-refractivity contribution >= 4 is 33.5 Å². The average molecular weight is 552 g/mol. The fourth-order valence-corrected chi connectivity index (χ4v) is 5.41. The van der Waals surface area contributed by atoms with E-state index in [0.29, 0.717) is 18.6 Å². The van der Waals surface area contributed by atoms with E-state index in [1.54, 1.807) is 13.3 Å². The molecule has 0 saturated heterocycles. The standard InChI is InChI=1S/C33H37N5O3/c1-4-22(39)10-6-5-7-13-30(33-35-20-31(38-33)25-11-8-14-28-24(25)12-9-17-34-28)37-32(40)19-26-21(2)36-29-16-15-23(41-3)18-27(26)29/h8-9,11-12,14-18,20,30,36H,4-7,10,13,19H2,1-3H3,(H,35,38)(H,37,40). The number of hydrogen-bond donors (Lipinski definition) is 3. The first-order chi connectivity index (χ1) is 20.0. The van der Waals surface area contributed by atoms with Crippen LogP contribution >= 0.6 is 0 Å². The summed E-state index contributed by atoms with van der Waals surface area (Å²) in [5, 5.41) is 5.27. The third-order valence-electron chi connectivity index (χ3n) is 7.70. The van der Waals surface area contributed by atoms with E-state index in [2.05, 4.69) is 20.3 Å². The van der Waals surface area contributed by atoms with E-state index >= 15 is 0 Å². The molecular weight excluding hydrogens is 514 g/mol. The van der Waals surface area contributed by atoms with Crippen molar-refractivity contribution in [2.24, 2.45) is 0 Å². The number of benzene rings is 2. The van der Waals surface area contributed by atoms with Crippen molar-refractivity contribution in [1.29, 1.82) is 0 Å². The number of carbonyl (C=O) groups excluding carboxylic acids is 2. The number of pyridine rings is 1. The lowest BCUT2D eigenvalue weighted by atomic mass is 10.0. The number of H-pyrrole nitrogens is 2. The molecule has 0 aliphatic carbocycles. The van der Waals surface area contributed by atoms with E-state index in [9.17, 15) is 9.59 Å². The van der Waals surface area contributed by atoms with Crippen molar-refractivity contribution in [3.63, 3.8) is 0 Å². The summed E-state index contributed by atoms with van der Waals surface area (Å²) in [7, 11) is 1.64. The Morgan fingerprint density at radius 3 is 2.71 bits per heavy atom. The highest BCUT2D eigenvalue weighted by Crippen LogP contribution is 2.29.